The van der Waals surface area contributed by atoms with Crippen molar-refractivity contribution in [2.24, 2.45) is 11.1 Å². The maximum Gasteiger partial charge on any atom is 0.267 e. The van der Waals surface area contributed by atoms with Gasteiger partial charge in [0.2, 0.25) is 11.8 Å². The fourth-order valence-corrected chi connectivity index (χ4v) is 4.28. The zero-order valence-electron chi connectivity index (χ0n) is 17.6. The molecule has 2 fully saturated rings. The summed E-state index contributed by atoms with van der Waals surface area (Å²) in [5.74, 6) is -4.42. The lowest BCUT2D eigenvalue weighted by molar-refractivity contribution is -0.140. The van der Waals surface area contributed by atoms with E-state index in [-0.39, 0.29) is 12.0 Å². The van der Waals surface area contributed by atoms with Gasteiger partial charge in [-0.1, -0.05) is 18.5 Å². The molecule has 1 aromatic carbocycles. The second kappa shape index (κ2) is 8.40. The minimum atomic E-state index is -3.15. The highest BCUT2D eigenvalue weighted by Crippen LogP contribution is 2.49. The van der Waals surface area contributed by atoms with Crippen molar-refractivity contribution in [1.82, 2.24) is 25.0 Å². The van der Waals surface area contributed by atoms with Crippen LogP contribution < -0.4 is 11.1 Å². The Balaban J connectivity index is 1.47. The van der Waals surface area contributed by atoms with Gasteiger partial charge in [-0.05, 0) is 48.4 Å². The zero-order valence-corrected chi connectivity index (χ0v) is 18.4. The summed E-state index contributed by atoms with van der Waals surface area (Å²) < 4.78 is 29.9. The predicted molar refractivity (Wildman–Crippen MR) is 113 cm³/mol. The Kier molecular flexibility index (Phi) is 5.93. The van der Waals surface area contributed by atoms with Gasteiger partial charge in [0, 0.05) is 18.0 Å². The number of nitrogens with one attached hydrogen (secondary N) is 1. The summed E-state index contributed by atoms with van der Waals surface area (Å²) in [5.41, 5.74) is 7.28. The summed E-state index contributed by atoms with van der Waals surface area (Å²) in [6, 6.07) is 2.85. The number of benzene rings is 1. The van der Waals surface area contributed by atoms with E-state index < -0.39 is 42.8 Å². The van der Waals surface area contributed by atoms with Crippen LogP contribution in [0.1, 0.15) is 38.2 Å². The number of amides is 2. The number of nitrogens with two attached hydrogens (primary N) is 1. The van der Waals surface area contributed by atoms with Gasteiger partial charge >= 0.3 is 0 Å². The van der Waals surface area contributed by atoms with Crippen LogP contribution in [0.25, 0.3) is 5.69 Å². The van der Waals surface area contributed by atoms with Crippen molar-refractivity contribution in [2.45, 2.75) is 57.2 Å². The molecular weight excluding hydrogens is 442 g/mol. The number of carbonyl (C=O) groups excluding carboxylic acids is 2. The van der Waals surface area contributed by atoms with Gasteiger partial charge < -0.3 is 16.0 Å². The number of hydrogen-bond acceptors (Lipinski definition) is 5. The molecule has 2 aromatic rings. The van der Waals surface area contributed by atoms with E-state index in [1.165, 1.54) is 17.3 Å². The summed E-state index contributed by atoms with van der Waals surface area (Å²) in [7, 11) is 0. The van der Waals surface area contributed by atoms with Crippen LogP contribution in [0.15, 0.2) is 30.9 Å². The molecule has 2 amide bonds. The number of likely N-dealkylation sites (tertiary alicyclic amines) is 1. The lowest BCUT2D eigenvalue weighted by Gasteiger charge is -2.27. The molecule has 0 spiro atoms. The van der Waals surface area contributed by atoms with E-state index in [1.807, 2.05) is 6.92 Å². The Labute approximate surface area is 189 Å². The predicted octanol–water partition coefficient (Wildman–Crippen LogP) is 2.29. The lowest BCUT2D eigenvalue weighted by atomic mass is 9.98. The Morgan fingerprint density at radius 3 is 2.78 bits per heavy atom. The zero-order chi connectivity index (χ0) is 23.1. The summed E-state index contributed by atoms with van der Waals surface area (Å²) >= 11 is 6.09. The summed E-state index contributed by atoms with van der Waals surface area (Å²) in [4.78, 5) is 30.5. The topological polar surface area (TPSA) is 106 Å². The van der Waals surface area contributed by atoms with Crippen molar-refractivity contribution < 1.29 is 18.4 Å². The van der Waals surface area contributed by atoms with Crippen molar-refractivity contribution in [3.05, 3.63) is 41.4 Å². The molecule has 2 aliphatic rings. The Hall–Kier alpha value is -2.59. The molecule has 0 radical (unpaired) electrons. The highest BCUT2D eigenvalue weighted by atomic mass is 35.5. The molecular formula is C21H25ClF2N6O2. The van der Waals surface area contributed by atoms with E-state index in [0.717, 1.165) is 17.7 Å². The molecule has 1 aliphatic carbocycles. The van der Waals surface area contributed by atoms with Gasteiger partial charge in [-0.2, -0.15) is 5.10 Å². The smallest absolute Gasteiger partial charge is 0.267 e. The van der Waals surface area contributed by atoms with E-state index >= 15 is 0 Å². The average Bonchev–Trinajstić information content (AvgIpc) is 3.13. The molecule has 4 rings (SSSR count). The number of hydrogen-bond donors (Lipinski definition) is 2. The van der Waals surface area contributed by atoms with Gasteiger partial charge in [0.15, 0.2) is 0 Å². The quantitative estimate of drug-likeness (QED) is 0.651. The van der Waals surface area contributed by atoms with Crippen molar-refractivity contribution >= 4 is 23.4 Å². The standard InChI is InChI=1S/C21H25ClF2N6O2/c1-20(4-5-20)7-15(25)19(32)29-10-21(23,24)8-17(29)18(31)27-9-13-6-14(22)2-3-16(13)30-12-26-11-28-30/h2-3,6,11-12,15,17H,4-5,7-10,25H2,1H3,(H,27,31)/t15-,17?/m1/s1. The molecule has 172 valence electrons. The molecule has 3 N–H and O–H groups in total. The molecule has 0 bridgehead atoms. The first-order valence-corrected chi connectivity index (χ1v) is 10.8. The molecule has 1 unspecified atom stereocenters. The largest absolute Gasteiger partial charge is 0.350 e. The van der Waals surface area contributed by atoms with E-state index in [1.54, 1.807) is 18.2 Å². The minimum Gasteiger partial charge on any atom is -0.350 e. The van der Waals surface area contributed by atoms with Gasteiger partial charge in [0.25, 0.3) is 5.92 Å². The lowest BCUT2D eigenvalue weighted by Crippen LogP contribution is -2.51. The first-order valence-electron chi connectivity index (χ1n) is 10.4. The van der Waals surface area contributed by atoms with Crippen LogP contribution in [0, 0.1) is 5.41 Å². The van der Waals surface area contributed by atoms with Crippen molar-refractivity contribution in [1.29, 1.82) is 0 Å². The normalized spacial score (nSPS) is 21.9. The Morgan fingerprint density at radius 2 is 2.12 bits per heavy atom. The number of nitrogens with zero attached hydrogens (tertiary/aromatic N) is 4. The van der Waals surface area contributed by atoms with Crippen LogP contribution in [-0.2, 0) is 16.1 Å². The number of rotatable bonds is 7. The number of aromatic nitrogens is 3. The SMILES string of the molecule is CC1(C[C@@H](N)C(=O)N2CC(F)(F)CC2C(=O)NCc2cc(Cl)ccc2-n2cncn2)CC1. The summed E-state index contributed by atoms with van der Waals surface area (Å²) in [5, 5.41) is 7.18. The molecule has 8 nitrogen and oxygen atoms in total. The van der Waals surface area contributed by atoms with E-state index in [2.05, 4.69) is 15.4 Å². The molecule has 1 aliphatic heterocycles. The Bertz CT molecular complexity index is 1010. The molecule has 1 saturated heterocycles. The second-order valence-electron chi connectivity index (χ2n) is 8.99. The minimum absolute atomic E-state index is 0.0145. The second-order valence-corrected chi connectivity index (χ2v) is 9.43. The van der Waals surface area contributed by atoms with Crippen LogP contribution in [-0.4, -0.2) is 56.0 Å². The van der Waals surface area contributed by atoms with Gasteiger partial charge in [0.05, 0.1) is 18.3 Å². The molecule has 1 saturated carbocycles. The van der Waals surface area contributed by atoms with Crippen LogP contribution in [0.4, 0.5) is 8.78 Å². The molecule has 2 atom stereocenters. The molecule has 32 heavy (non-hydrogen) atoms. The van der Waals surface area contributed by atoms with Gasteiger partial charge in [0.1, 0.15) is 18.7 Å². The van der Waals surface area contributed by atoms with Gasteiger partial charge in [-0.3, -0.25) is 9.59 Å². The third-order valence-corrected chi connectivity index (χ3v) is 6.38. The van der Waals surface area contributed by atoms with Gasteiger partial charge in [-0.25, -0.2) is 18.4 Å². The number of carbonyl (C=O) groups is 2. The fraction of sp³-hybridized carbons (Fsp3) is 0.524. The van der Waals surface area contributed by atoms with Crippen molar-refractivity contribution in [3.63, 3.8) is 0 Å². The third-order valence-electron chi connectivity index (χ3n) is 6.15. The van der Waals surface area contributed by atoms with Crippen molar-refractivity contribution in [2.75, 3.05) is 6.54 Å². The summed E-state index contributed by atoms with van der Waals surface area (Å²) in [6.07, 6.45) is 4.47. The first-order chi connectivity index (χ1) is 15.1. The van der Waals surface area contributed by atoms with E-state index in [4.69, 9.17) is 17.3 Å². The van der Waals surface area contributed by atoms with Crippen LogP contribution in [0.3, 0.4) is 0 Å². The van der Waals surface area contributed by atoms with E-state index in [0.29, 0.717) is 22.7 Å². The maximum absolute atomic E-state index is 14.2. The fourth-order valence-electron chi connectivity index (χ4n) is 4.08. The molecule has 11 heteroatoms. The summed E-state index contributed by atoms with van der Waals surface area (Å²) in [6.45, 7) is 1.22. The van der Waals surface area contributed by atoms with Crippen LogP contribution in [0.2, 0.25) is 5.02 Å². The van der Waals surface area contributed by atoms with Gasteiger partial charge in [-0.15, -0.1) is 0 Å². The molecule has 1 aromatic heterocycles. The van der Waals surface area contributed by atoms with Crippen LogP contribution >= 0.6 is 11.6 Å². The third kappa shape index (κ3) is 4.91. The number of halogens is 3. The van der Waals surface area contributed by atoms with Crippen molar-refractivity contribution in [3.8, 4) is 5.69 Å². The number of alkyl halides is 2. The van der Waals surface area contributed by atoms with Crippen LogP contribution in [0.5, 0.6) is 0 Å². The maximum atomic E-state index is 14.2. The monoisotopic (exact) mass is 466 g/mol. The molecule has 2 heterocycles. The Morgan fingerprint density at radius 1 is 1.38 bits per heavy atom. The highest BCUT2D eigenvalue weighted by molar-refractivity contribution is 6.30. The van der Waals surface area contributed by atoms with E-state index in [9.17, 15) is 18.4 Å². The first kappa shape index (κ1) is 22.6. The average molecular weight is 467 g/mol. The highest BCUT2D eigenvalue weighted by Gasteiger charge is 2.51.